The normalized spacial score (nSPS) is 10.7. The number of para-hydroxylation sites is 1. The highest BCUT2D eigenvalue weighted by molar-refractivity contribution is 5.82. The minimum atomic E-state index is 0.202. The van der Waals surface area contributed by atoms with Crippen LogP contribution in [0.1, 0.15) is 11.3 Å². The van der Waals surface area contributed by atoms with Gasteiger partial charge in [0.15, 0.2) is 0 Å². The molecule has 0 amide bonds. The molecule has 3 aromatic rings. The highest BCUT2D eigenvalue weighted by Crippen LogP contribution is 2.19. The molecule has 0 saturated heterocycles. The molecule has 0 aliphatic heterocycles. The number of nitrogens with zero attached hydrogens (tertiary/aromatic N) is 3. The zero-order chi connectivity index (χ0) is 13.2. The lowest BCUT2D eigenvalue weighted by molar-refractivity contribution is 1.05. The standard InChI is InChI=1S/C14H13N5/c15-13-8-10(18-14(16)19-13)7-9-5-6-17-12-4-2-1-3-11(9)12/h1-6,8H,7H2,(H4,15,16,18,19). The van der Waals surface area contributed by atoms with E-state index in [0.29, 0.717) is 12.2 Å². The Morgan fingerprint density at radius 1 is 1.00 bits per heavy atom. The smallest absolute Gasteiger partial charge is 0.222 e. The lowest BCUT2D eigenvalue weighted by Crippen LogP contribution is -2.03. The monoisotopic (exact) mass is 251 g/mol. The van der Waals surface area contributed by atoms with Crippen LogP contribution < -0.4 is 11.5 Å². The molecule has 0 atom stereocenters. The minimum absolute atomic E-state index is 0.202. The van der Waals surface area contributed by atoms with Gasteiger partial charge in [0.05, 0.1) is 11.2 Å². The van der Waals surface area contributed by atoms with Crippen molar-refractivity contribution in [3.8, 4) is 0 Å². The van der Waals surface area contributed by atoms with Gasteiger partial charge in [-0.05, 0) is 17.7 Å². The van der Waals surface area contributed by atoms with Crippen molar-refractivity contribution in [1.82, 2.24) is 15.0 Å². The molecule has 2 aromatic heterocycles. The van der Waals surface area contributed by atoms with Gasteiger partial charge in [0.25, 0.3) is 0 Å². The second-order valence-corrected chi connectivity index (χ2v) is 4.31. The summed E-state index contributed by atoms with van der Waals surface area (Å²) in [5, 5.41) is 1.11. The van der Waals surface area contributed by atoms with Crippen LogP contribution in [0.5, 0.6) is 0 Å². The molecule has 4 N–H and O–H groups in total. The summed E-state index contributed by atoms with van der Waals surface area (Å²) in [7, 11) is 0. The Balaban J connectivity index is 2.05. The number of nitrogen functional groups attached to an aromatic ring is 2. The molecule has 3 rings (SSSR count). The second kappa shape index (κ2) is 4.53. The first-order valence-electron chi connectivity index (χ1n) is 5.94. The number of pyridine rings is 1. The molecule has 0 fully saturated rings. The molecule has 5 nitrogen and oxygen atoms in total. The van der Waals surface area contributed by atoms with E-state index in [2.05, 4.69) is 15.0 Å². The van der Waals surface area contributed by atoms with Gasteiger partial charge >= 0.3 is 0 Å². The Hall–Kier alpha value is -2.69. The number of benzene rings is 1. The zero-order valence-corrected chi connectivity index (χ0v) is 10.2. The average Bonchev–Trinajstić information content (AvgIpc) is 2.38. The first-order valence-corrected chi connectivity index (χ1v) is 5.94. The molecule has 1 aromatic carbocycles. The van der Waals surface area contributed by atoms with E-state index >= 15 is 0 Å². The number of hydrogen-bond acceptors (Lipinski definition) is 5. The third-order valence-electron chi connectivity index (χ3n) is 2.93. The lowest BCUT2D eigenvalue weighted by Gasteiger charge is -2.06. The summed E-state index contributed by atoms with van der Waals surface area (Å²) in [6.45, 7) is 0. The van der Waals surface area contributed by atoms with Gasteiger partial charge in [0.1, 0.15) is 5.82 Å². The number of anilines is 2. The van der Waals surface area contributed by atoms with Crippen LogP contribution in [0.4, 0.5) is 11.8 Å². The summed E-state index contributed by atoms with van der Waals surface area (Å²) in [5.74, 6) is 0.592. The van der Waals surface area contributed by atoms with Gasteiger partial charge in [-0.2, -0.15) is 4.98 Å². The van der Waals surface area contributed by atoms with Crippen molar-refractivity contribution in [1.29, 1.82) is 0 Å². The fourth-order valence-corrected chi connectivity index (χ4v) is 2.13. The molecule has 0 radical (unpaired) electrons. The summed E-state index contributed by atoms with van der Waals surface area (Å²) >= 11 is 0. The van der Waals surface area contributed by atoms with Gasteiger partial charge in [0, 0.05) is 24.1 Å². The molecule has 0 spiro atoms. The van der Waals surface area contributed by atoms with Crippen LogP contribution in [-0.4, -0.2) is 15.0 Å². The zero-order valence-electron chi connectivity index (χ0n) is 10.2. The Kier molecular flexibility index (Phi) is 2.72. The molecule has 0 aliphatic carbocycles. The Morgan fingerprint density at radius 3 is 2.68 bits per heavy atom. The van der Waals surface area contributed by atoms with Crippen LogP contribution in [0, 0.1) is 0 Å². The van der Waals surface area contributed by atoms with Gasteiger partial charge < -0.3 is 11.5 Å². The summed E-state index contributed by atoms with van der Waals surface area (Å²) < 4.78 is 0. The van der Waals surface area contributed by atoms with Gasteiger partial charge in [-0.25, -0.2) is 4.98 Å². The fraction of sp³-hybridized carbons (Fsp3) is 0.0714. The van der Waals surface area contributed by atoms with E-state index in [4.69, 9.17) is 11.5 Å². The first kappa shape index (κ1) is 11.4. The first-order chi connectivity index (χ1) is 9.22. The number of hydrogen-bond donors (Lipinski definition) is 2. The predicted molar refractivity (Wildman–Crippen MR) is 75.4 cm³/mol. The van der Waals surface area contributed by atoms with Crippen molar-refractivity contribution in [3.63, 3.8) is 0 Å². The van der Waals surface area contributed by atoms with E-state index < -0.39 is 0 Å². The van der Waals surface area contributed by atoms with Crippen LogP contribution in [0.25, 0.3) is 10.9 Å². The molecule has 5 heteroatoms. The summed E-state index contributed by atoms with van der Waals surface area (Å²) in [5.41, 5.74) is 14.2. The summed E-state index contributed by atoms with van der Waals surface area (Å²) in [6, 6.07) is 11.7. The number of fused-ring (bicyclic) bond motifs is 1. The quantitative estimate of drug-likeness (QED) is 0.724. The van der Waals surface area contributed by atoms with Crippen molar-refractivity contribution in [2.45, 2.75) is 6.42 Å². The predicted octanol–water partition coefficient (Wildman–Crippen LogP) is 1.78. The molecule has 19 heavy (non-hydrogen) atoms. The van der Waals surface area contributed by atoms with Crippen LogP contribution >= 0.6 is 0 Å². The molecule has 0 aliphatic rings. The molecule has 0 saturated carbocycles. The van der Waals surface area contributed by atoms with Crippen molar-refractivity contribution < 1.29 is 0 Å². The molecule has 2 heterocycles. The molecular formula is C14H13N5. The highest BCUT2D eigenvalue weighted by atomic mass is 15.0. The van der Waals surface area contributed by atoms with Gasteiger partial charge in [-0.3, -0.25) is 4.98 Å². The Bertz CT molecular complexity index is 713. The van der Waals surface area contributed by atoms with E-state index in [0.717, 1.165) is 22.2 Å². The third-order valence-corrected chi connectivity index (χ3v) is 2.93. The topological polar surface area (TPSA) is 90.7 Å². The van der Waals surface area contributed by atoms with Gasteiger partial charge in [0.2, 0.25) is 5.95 Å². The minimum Gasteiger partial charge on any atom is -0.384 e. The van der Waals surface area contributed by atoms with Crippen LogP contribution in [0.3, 0.4) is 0 Å². The van der Waals surface area contributed by atoms with E-state index in [1.54, 1.807) is 12.3 Å². The highest BCUT2D eigenvalue weighted by Gasteiger charge is 2.05. The fourth-order valence-electron chi connectivity index (χ4n) is 2.13. The maximum absolute atomic E-state index is 5.68. The third kappa shape index (κ3) is 2.30. The molecule has 0 bridgehead atoms. The van der Waals surface area contributed by atoms with Crippen molar-refractivity contribution in [2.24, 2.45) is 0 Å². The maximum Gasteiger partial charge on any atom is 0.222 e. The van der Waals surface area contributed by atoms with Crippen molar-refractivity contribution in [2.75, 3.05) is 11.5 Å². The van der Waals surface area contributed by atoms with E-state index in [9.17, 15) is 0 Å². The van der Waals surface area contributed by atoms with E-state index in [1.165, 1.54) is 0 Å². The van der Waals surface area contributed by atoms with Gasteiger partial charge in [-0.15, -0.1) is 0 Å². The van der Waals surface area contributed by atoms with Crippen molar-refractivity contribution in [3.05, 3.63) is 53.9 Å². The Labute approximate surface area is 110 Å². The number of nitrogens with two attached hydrogens (primary N) is 2. The lowest BCUT2D eigenvalue weighted by atomic mass is 10.0. The molecule has 94 valence electrons. The number of aromatic nitrogens is 3. The molecular weight excluding hydrogens is 238 g/mol. The van der Waals surface area contributed by atoms with Gasteiger partial charge in [-0.1, -0.05) is 18.2 Å². The van der Waals surface area contributed by atoms with Crippen LogP contribution in [0.2, 0.25) is 0 Å². The summed E-state index contributed by atoms with van der Waals surface area (Å²) in [6.07, 6.45) is 2.45. The maximum atomic E-state index is 5.68. The van der Waals surface area contributed by atoms with Crippen molar-refractivity contribution >= 4 is 22.7 Å². The average molecular weight is 251 g/mol. The number of rotatable bonds is 2. The second-order valence-electron chi connectivity index (χ2n) is 4.31. The SMILES string of the molecule is Nc1cc(Cc2ccnc3ccccc23)nc(N)n1. The van der Waals surface area contributed by atoms with Crippen LogP contribution in [-0.2, 0) is 6.42 Å². The Morgan fingerprint density at radius 2 is 1.84 bits per heavy atom. The summed E-state index contributed by atoms with van der Waals surface area (Å²) in [4.78, 5) is 12.4. The molecule has 0 unspecified atom stereocenters. The largest absolute Gasteiger partial charge is 0.384 e. The van der Waals surface area contributed by atoms with E-state index in [-0.39, 0.29) is 5.95 Å². The van der Waals surface area contributed by atoms with E-state index in [1.807, 2.05) is 30.3 Å². The van der Waals surface area contributed by atoms with Crippen LogP contribution in [0.15, 0.2) is 42.6 Å².